The fraction of sp³-hybridized carbons (Fsp3) is 0.643. The molecule has 0 saturated carbocycles. The smallest absolute Gasteiger partial charge is 0.172 e. The van der Waals surface area contributed by atoms with Crippen molar-refractivity contribution >= 4 is 17.1 Å². The van der Waals surface area contributed by atoms with Gasteiger partial charge in [-0.05, 0) is 51.0 Å². The Morgan fingerprint density at radius 2 is 2.22 bits per heavy atom. The summed E-state index contributed by atoms with van der Waals surface area (Å²) in [5.41, 5.74) is 0. The standard InChI is InChI=1S/C14H22N2OS/c1-15-7-4-9-16(11-10-15)8-2-5-13(17)14-6-3-12-18-14/h3,6,12H,2,4-5,7-11H2,1H3. The molecule has 3 nitrogen and oxygen atoms in total. The number of carbonyl (C=O) groups excluding carboxylic acids is 1. The summed E-state index contributed by atoms with van der Waals surface area (Å²) in [5, 5.41) is 1.97. The third kappa shape index (κ3) is 4.19. The fourth-order valence-electron chi connectivity index (χ4n) is 2.35. The lowest BCUT2D eigenvalue weighted by Crippen LogP contribution is -2.30. The molecule has 0 aromatic carbocycles. The van der Waals surface area contributed by atoms with Gasteiger partial charge in [0, 0.05) is 19.5 Å². The van der Waals surface area contributed by atoms with Crippen molar-refractivity contribution in [1.29, 1.82) is 0 Å². The topological polar surface area (TPSA) is 23.6 Å². The third-order valence-corrected chi connectivity index (χ3v) is 4.40. The molecule has 0 spiro atoms. The second kappa shape index (κ2) is 7.02. The van der Waals surface area contributed by atoms with E-state index in [0.29, 0.717) is 12.2 Å². The summed E-state index contributed by atoms with van der Waals surface area (Å²) in [6, 6.07) is 3.87. The normalized spacial score (nSPS) is 18.7. The highest BCUT2D eigenvalue weighted by molar-refractivity contribution is 7.12. The SMILES string of the molecule is CN1CCCN(CCCC(=O)c2cccs2)CC1. The Labute approximate surface area is 113 Å². The second-order valence-corrected chi connectivity index (χ2v) is 5.95. The van der Waals surface area contributed by atoms with Crippen molar-refractivity contribution in [3.05, 3.63) is 22.4 Å². The van der Waals surface area contributed by atoms with Gasteiger partial charge in [-0.15, -0.1) is 11.3 Å². The monoisotopic (exact) mass is 266 g/mol. The average Bonchev–Trinajstić information content (AvgIpc) is 2.81. The zero-order valence-electron chi connectivity index (χ0n) is 11.1. The Morgan fingerprint density at radius 3 is 3.00 bits per heavy atom. The quantitative estimate of drug-likeness (QED) is 0.764. The predicted octanol–water partition coefficient (Wildman–Crippen LogP) is 2.35. The number of nitrogens with zero attached hydrogens (tertiary/aromatic N) is 2. The van der Waals surface area contributed by atoms with Crippen molar-refractivity contribution in [2.24, 2.45) is 0 Å². The van der Waals surface area contributed by atoms with Gasteiger partial charge < -0.3 is 9.80 Å². The van der Waals surface area contributed by atoms with Crippen molar-refractivity contribution in [3.8, 4) is 0 Å². The Hall–Kier alpha value is -0.710. The molecular weight excluding hydrogens is 244 g/mol. The maximum Gasteiger partial charge on any atom is 0.172 e. The third-order valence-electron chi connectivity index (χ3n) is 3.49. The largest absolute Gasteiger partial charge is 0.305 e. The van der Waals surface area contributed by atoms with E-state index in [-0.39, 0.29) is 0 Å². The van der Waals surface area contributed by atoms with E-state index in [1.54, 1.807) is 11.3 Å². The number of thiophene rings is 1. The lowest BCUT2D eigenvalue weighted by atomic mass is 10.2. The molecule has 0 unspecified atom stereocenters. The molecule has 2 heterocycles. The van der Waals surface area contributed by atoms with E-state index in [0.717, 1.165) is 30.9 Å². The minimum absolute atomic E-state index is 0.303. The van der Waals surface area contributed by atoms with Crippen LogP contribution in [0.2, 0.25) is 0 Å². The molecule has 0 radical (unpaired) electrons. The maximum atomic E-state index is 11.9. The molecule has 0 N–H and O–H groups in total. The minimum Gasteiger partial charge on any atom is -0.305 e. The first-order chi connectivity index (χ1) is 8.75. The van der Waals surface area contributed by atoms with Crippen LogP contribution in [-0.2, 0) is 0 Å². The number of ketones is 1. The summed E-state index contributed by atoms with van der Waals surface area (Å²) in [5.74, 6) is 0.303. The predicted molar refractivity (Wildman–Crippen MR) is 76.4 cm³/mol. The van der Waals surface area contributed by atoms with Crippen molar-refractivity contribution in [1.82, 2.24) is 9.80 Å². The average molecular weight is 266 g/mol. The summed E-state index contributed by atoms with van der Waals surface area (Å²) in [7, 11) is 2.18. The van der Waals surface area contributed by atoms with Crippen LogP contribution >= 0.6 is 11.3 Å². The number of Topliss-reactive ketones (excluding diaryl/α,β-unsaturated/α-hetero) is 1. The zero-order chi connectivity index (χ0) is 12.8. The fourth-order valence-corrected chi connectivity index (χ4v) is 3.04. The summed E-state index contributed by atoms with van der Waals surface area (Å²) >= 11 is 1.55. The molecule has 0 amide bonds. The molecule has 0 bridgehead atoms. The van der Waals surface area contributed by atoms with E-state index < -0.39 is 0 Å². The molecule has 100 valence electrons. The van der Waals surface area contributed by atoms with Crippen LogP contribution in [0.5, 0.6) is 0 Å². The summed E-state index contributed by atoms with van der Waals surface area (Å²) < 4.78 is 0. The molecule has 1 fully saturated rings. The van der Waals surface area contributed by atoms with Gasteiger partial charge >= 0.3 is 0 Å². The van der Waals surface area contributed by atoms with Crippen LogP contribution in [0.3, 0.4) is 0 Å². The first-order valence-electron chi connectivity index (χ1n) is 6.73. The molecule has 1 aliphatic heterocycles. The van der Waals surface area contributed by atoms with Gasteiger partial charge in [-0.3, -0.25) is 4.79 Å². The van der Waals surface area contributed by atoms with E-state index in [1.807, 2.05) is 17.5 Å². The van der Waals surface area contributed by atoms with E-state index in [2.05, 4.69) is 16.8 Å². The zero-order valence-corrected chi connectivity index (χ0v) is 11.9. The van der Waals surface area contributed by atoms with Crippen molar-refractivity contribution in [2.45, 2.75) is 19.3 Å². The Balaban J connectivity index is 1.67. The second-order valence-electron chi connectivity index (χ2n) is 5.00. The first kappa shape index (κ1) is 13.7. The van der Waals surface area contributed by atoms with Crippen LogP contribution in [0.1, 0.15) is 28.9 Å². The number of likely N-dealkylation sites (N-methyl/N-ethyl adjacent to an activating group) is 1. The van der Waals surface area contributed by atoms with Gasteiger partial charge in [0.05, 0.1) is 4.88 Å². The lowest BCUT2D eigenvalue weighted by Gasteiger charge is -2.19. The molecule has 1 aromatic rings. The highest BCUT2D eigenvalue weighted by Gasteiger charge is 2.12. The van der Waals surface area contributed by atoms with Gasteiger partial charge in [0.1, 0.15) is 0 Å². The highest BCUT2D eigenvalue weighted by atomic mass is 32.1. The molecular formula is C14H22N2OS. The van der Waals surface area contributed by atoms with Gasteiger partial charge in [-0.2, -0.15) is 0 Å². The van der Waals surface area contributed by atoms with E-state index >= 15 is 0 Å². The molecule has 1 aliphatic rings. The lowest BCUT2D eigenvalue weighted by molar-refractivity contribution is 0.0979. The van der Waals surface area contributed by atoms with Gasteiger partial charge in [0.15, 0.2) is 5.78 Å². The van der Waals surface area contributed by atoms with Gasteiger partial charge in [-0.1, -0.05) is 6.07 Å². The molecule has 2 rings (SSSR count). The number of hydrogen-bond acceptors (Lipinski definition) is 4. The van der Waals surface area contributed by atoms with Gasteiger partial charge in [0.2, 0.25) is 0 Å². The molecule has 18 heavy (non-hydrogen) atoms. The summed E-state index contributed by atoms with van der Waals surface area (Å²) in [6.45, 7) is 5.73. The van der Waals surface area contributed by atoms with E-state index in [1.165, 1.54) is 19.5 Å². The van der Waals surface area contributed by atoms with Crippen molar-refractivity contribution < 1.29 is 4.79 Å². The number of hydrogen-bond donors (Lipinski definition) is 0. The molecule has 1 saturated heterocycles. The van der Waals surface area contributed by atoms with Crippen molar-refractivity contribution in [3.63, 3.8) is 0 Å². The van der Waals surface area contributed by atoms with Crippen LogP contribution in [0, 0.1) is 0 Å². The van der Waals surface area contributed by atoms with Crippen LogP contribution < -0.4 is 0 Å². The minimum atomic E-state index is 0.303. The van der Waals surface area contributed by atoms with Crippen molar-refractivity contribution in [2.75, 3.05) is 39.8 Å². The van der Waals surface area contributed by atoms with Crippen LogP contribution in [0.25, 0.3) is 0 Å². The summed E-state index contributed by atoms with van der Waals surface area (Å²) in [6.07, 6.45) is 2.92. The first-order valence-corrected chi connectivity index (χ1v) is 7.61. The highest BCUT2D eigenvalue weighted by Crippen LogP contribution is 2.12. The Morgan fingerprint density at radius 1 is 1.33 bits per heavy atom. The van der Waals surface area contributed by atoms with E-state index in [4.69, 9.17) is 0 Å². The van der Waals surface area contributed by atoms with Gasteiger partial charge in [-0.25, -0.2) is 0 Å². The molecule has 1 aromatic heterocycles. The summed E-state index contributed by atoms with van der Waals surface area (Å²) in [4.78, 5) is 17.6. The molecule has 0 atom stereocenters. The number of carbonyl (C=O) groups is 1. The molecule has 0 aliphatic carbocycles. The number of rotatable bonds is 5. The Bertz CT molecular complexity index is 364. The maximum absolute atomic E-state index is 11.9. The van der Waals surface area contributed by atoms with Gasteiger partial charge in [0.25, 0.3) is 0 Å². The molecule has 4 heteroatoms. The van der Waals surface area contributed by atoms with E-state index in [9.17, 15) is 4.79 Å². The Kier molecular flexibility index (Phi) is 5.35. The van der Waals surface area contributed by atoms with Crippen LogP contribution in [0.4, 0.5) is 0 Å². The van der Waals surface area contributed by atoms with Crippen LogP contribution in [-0.4, -0.2) is 55.4 Å². The van der Waals surface area contributed by atoms with Crippen LogP contribution in [0.15, 0.2) is 17.5 Å².